The fourth-order valence-electron chi connectivity index (χ4n) is 2.97. The van der Waals surface area contributed by atoms with E-state index in [1.807, 2.05) is 38.1 Å². The third kappa shape index (κ3) is 4.71. The van der Waals surface area contributed by atoms with Crippen LogP contribution < -0.4 is 10.2 Å². The first-order chi connectivity index (χ1) is 13.5. The molecule has 0 aliphatic rings. The van der Waals surface area contributed by atoms with Gasteiger partial charge in [0.25, 0.3) is 5.91 Å². The molecule has 2 N–H and O–H groups in total. The summed E-state index contributed by atoms with van der Waals surface area (Å²) in [6, 6.07) is 7.39. The molecule has 0 unspecified atom stereocenters. The number of nitrogens with one attached hydrogen (secondary N) is 2. The molecule has 8 heteroatoms. The summed E-state index contributed by atoms with van der Waals surface area (Å²) in [6.45, 7) is 5.02. The van der Waals surface area contributed by atoms with Crippen molar-refractivity contribution in [3.05, 3.63) is 64.3 Å². The number of amides is 1. The largest absolute Gasteiger partial charge is 0.465 e. The van der Waals surface area contributed by atoms with Gasteiger partial charge in [-0.25, -0.2) is 4.79 Å². The maximum atomic E-state index is 12.7. The predicted molar refractivity (Wildman–Crippen MR) is 104 cm³/mol. The van der Waals surface area contributed by atoms with E-state index in [0.29, 0.717) is 23.7 Å². The quantitative estimate of drug-likeness (QED) is 0.565. The summed E-state index contributed by atoms with van der Waals surface area (Å²) in [5.74, 6) is 0.923. The van der Waals surface area contributed by atoms with Crippen LogP contribution >= 0.6 is 11.3 Å². The molecule has 1 amide bonds. The van der Waals surface area contributed by atoms with Crippen LogP contribution in [0.2, 0.25) is 0 Å². The standard InChI is InChI=1S/C20H22N2O5S/c1-13-14(2)28-19(18(13)20(24)25-3)21-17(23)12-22(10-15-6-4-8-26-15)11-16-7-5-9-27-16/h4-9H,10-12H2,1-3H3,(H,21,23)/p+1. The van der Waals surface area contributed by atoms with Crippen LogP contribution in [0, 0.1) is 13.8 Å². The molecule has 0 atom stereocenters. The topological polar surface area (TPSA) is 86.1 Å². The van der Waals surface area contributed by atoms with Gasteiger partial charge in [0.05, 0.1) is 25.2 Å². The van der Waals surface area contributed by atoms with E-state index in [0.717, 1.165) is 26.9 Å². The van der Waals surface area contributed by atoms with Crippen LogP contribution in [0.4, 0.5) is 5.00 Å². The van der Waals surface area contributed by atoms with Crippen molar-refractivity contribution in [2.24, 2.45) is 0 Å². The molecule has 0 saturated carbocycles. The Hall–Kier alpha value is -2.84. The van der Waals surface area contributed by atoms with Crippen molar-refractivity contribution in [2.75, 3.05) is 19.0 Å². The average molecular weight is 403 g/mol. The van der Waals surface area contributed by atoms with Gasteiger partial charge in [-0.1, -0.05) is 0 Å². The Morgan fingerprint density at radius 3 is 2.21 bits per heavy atom. The van der Waals surface area contributed by atoms with Gasteiger partial charge in [-0.05, 0) is 43.7 Å². The number of thiophene rings is 1. The molecule has 3 aromatic heterocycles. The number of quaternary nitrogens is 1. The Bertz CT molecular complexity index is 892. The lowest BCUT2D eigenvalue weighted by molar-refractivity contribution is -0.921. The van der Waals surface area contributed by atoms with Gasteiger partial charge in [0, 0.05) is 4.88 Å². The van der Waals surface area contributed by atoms with E-state index in [-0.39, 0.29) is 12.5 Å². The lowest BCUT2D eigenvalue weighted by atomic mass is 10.1. The fourth-order valence-corrected chi connectivity index (χ4v) is 4.03. The zero-order chi connectivity index (χ0) is 20.1. The maximum Gasteiger partial charge on any atom is 0.341 e. The molecule has 28 heavy (non-hydrogen) atoms. The van der Waals surface area contributed by atoms with Crippen LogP contribution in [0.3, 0.4) is 0 Å². The van der Waals surface area contributed by atoms with Crippen LogP contribution in [0.25, 0.3) is 0 Å². The smallest absolute Gasteiger partial charge is 0.341 e. The lowest BCUT2D eigenvalue weighted by Crippen LogP contribution is -3.10. The third-order valence-corrected chi connectivity index (χ3v) is 5.57. The van der Waals surface area contributed by atoms with Crippen LogP contribution in [-0.4, -0.2) is 25.5 Å². The third-order valence-electron chi connectivity index (χ3n) is 4.45. The maximum absolute atomic E-state index is 12.7. The molecule has 0 aliphatic heterocycles. The first-order valence-corrected chi connectivity index (χ1v) is 9.66. The Morgan fingerprint density at radius 2 is 1.71 bits per heavy atom. The summed E-state index contributed by atoms with van der Waals surface area (Å²) in [6.07, 6.45) is 3.22. The van der Waals surface area contributed by atoms with Gasteiger partial charge in [0.15, 0.2) is 18.1 Å². The number of methoxy groups -OCH3 is 1. The molecule has 0 aromatic carbocycles. The highest BCUT2D eigenvalue weighted by Crippen LogP contribution is 2.32. The molecule has 0 spiro atoms. The fraction of sp³-hybridized carbons (Fsp3) is 0.300. The number of esters is 1. The molecule has 0 fully saturated rings. The summed E-state index contributed by atoms with van der Waals surface area (Å²) < 4.78 is 15.7. The SMILES string of the molecule is COC(=O)c1c(NC(=O)C[NH+](Cc2ccco2)Cc2ccco2)sc(C)c1C. The number of carbonyl (C=O) groups is 2. The van der Waals surface area contributed by atoms with Gasteiger partial charge >= 0.3 is 5.97 Å². The molecule has 0 radical (unpaired) electrons. The van der Waals surface area contributed by atoms with E-state index in [4.69, 9.17) is 13.6 Å². The van der Waals surface area contributed by atoms with Gasteiger partial charge < -0.3 is 23.8 Å². The molecule has 148 valence electrons. The second-order valence-corrected chi connectivity index (χ2v) is 7.69. The minimum atomic E-state index is -0.451. The Labute approximate surface area is 166 Å². The van der Waals surface area contributed by atoms with Crippen molar-refractivity contribution >= 4 is 28.2 Å². The van der Waals surface area contributed by atoms with Crippen molar-refractivity contribution in [1.29, 1.82) is 0 Å². The second kappa shape index (κ2) is 8.90. The molecule has 3 heterocycles. The minimum Gasteiger partial charge on any atom is -0.465 e. The van der Waals surface area contributed by atoms with Crippen LogP contribution in [0.5, 0.6) is 0 Å². The van der Waals surface area contributed by atoms with E-state index in [2.05, 4.69) is 5.32 Å². The van der Waals surface area contributed by atoms with Crippen LogP contribution in [0.1, 0.15) is 32.3 Å². The predicted octanol–water partition coefficient (Wildman–Crippen LogP) is 2.56. The molecule has 7 nitrogen and oxygen atoms in total. The number of hydrogen-bond acceptors (Lipinski definition) is 6. The van der Waals surface area contributed by atoms with E-state index >= 15 is 0 Å². The van der Waals surface area contributed by atoms with E-state index in [1.165, 1.54) is 18.4 Å². The summed E-state index contributed by atoms with van der Waals surface area (Å²) in [7, 11) is 1.33. The molecule has 0 aliphatic carbocycles. The summed E-state index contributed by atoms with van der Waals surface area (Å²) in [5.41, 5.74) is 1.24. The molecular weight excluding hydrogens is 380 g/mol. The van der Waals surface area contributed by atoms with Gasteiger partial charge in [-0.2, -0.15) is 0 Å². The van der Waals surface area contributed by atoms with Gasteiger partial charge in [0.1, 0.15) is 18.1 Å². The van der Waals surface area contributed by atoms with Gasteiger partial charge in [-0.15, -0.1) is 11.3 Å². The Kier molecular flexibility index (Phi) is 6.33. The molecule has 3 aromatic rings. The van der Waals surface area contributed by atoms with Gasteiger partial charge in [-0.3, -0.25) is 4.79 Å². The molecule has 0 bridgehead atoms. The van der Waals surface area contributed by atoms with Crippen molar-refractivity contribution in [3.8, 4) is 0 Å². The van der Waals surface area contributed by atoms with Crippen molar-refractivity contribution in [2.45, 2.75) is 26.9 Å². The minimum absolute atomic E-state index is 0.192. The number of hydrogen-bond donors (Lipinski definition) is 2. The van der Waals surface area contributed by atoms with Crippen LogP contribution in [0.15, 0.2) is 45.6 Å². The van der Waals surface area contributed by atoms with Crippen molar-refractivity contribution < 1.29 is 28.1 Å². The number of rotatable bonds is 8. The normalized spacial score (nSPS) is 11.0. The first kappa shape index (κ1) is 19.9. The number of anilines is 1. The number of ether oxygens (including phenoxy) is 1. The molecule has 0 saturated heterocycles. The highest BCUT2D eigenvalue weighted by molar-refractivity contribution is 7.16. The van der Waals surface area contributed by atoms with E-state index in [9.17, 15) is 9.59 Å². The monoisotopic (exact) mass is 403 g/mol. The summed E-state index contributed by atoms with van der Waals surface area (Å²) in [5, 5.41) is 3.39. The van der Waals surface area contributed by atoms with Crippen molar-refractivity contribution in [3.63, 3.8) is 0 Å². The van der Waals surface area contributed by atoms with Gasteiger partial charge in [0.2, 0.25) is 0 Å². The van der Waals surface area contributed by atoms with E-state index < -0.39 is 5.97 Å². The number of aryl methyl sites for hydroxylation is 1. The molecule has 3 rings (SSSR count). The van der Waals surface area contributed by atoms with E-state index in [1.54, 1.807) is 12.5 Å². The zero-order valence-electron chi connectivity index (χ0n) is 16.0. The highest BCUT2D eigenvalue weighted by Gasteiger charge is 2.24. The average Bonchev–Trinajstić information content (AvgIpc) is 3.39. The summed E-state index contributed by atoms with van der Waals surface area (Å²) in [4.78, 5) is 26.7. The number of furan rings is 2. The lowest BCUT2D eigenvalue weighted by Gasteiger charge is -2.17. The number of carbonyl (C=O) groups excluding carboxylic acids is 2. The summed E-state index contributed by atoms with van der Waals surface area (Å²) >= 11 is 1.37. The van der Waals surface area contributed by atoms with Crippen LogP contribution in [-0.2, 0) is 22.6 Å². The van der Waals surface area contributed by atoms with Crippen molar-refractivity contribution in [1.82, 2.24) is 0 Å². The highest BCUT2D eigenvalue weighted by atomic mass is 32.1. The Balaban J connectivity index is 1.73. The molecular formula is C20H23N2O5S+. The first-order valence-electron chi connectivity index (χ1n) is 8.84. The zero-order valence-corrected chi connectivity index (χ0v) is 16.9. The Morgan fingerprint density at radius 1 is 1.11 bits per heavy atom. The second-order valence-electron chi connectivity index (χ2n) is 6.47.